The number of carbonyl (C=O) groups is 1. The molecule has 0 fully saturated rings. The molecule has 0 radical (unpaired) electrons. The van der Waals surface area contributed by atoms with Gasteiger partial charge in [-0.15, -0.1) is 5.10 Å². The maximum absolute atomic E-state index is 11.2. The van der Waals surface area contributed by atoms with Gasteiger partial charge in [0.15, 0.2) is 5.69 Å². The van der Waals surface area contributed by atoms with Gasteiger partial charge in [0.25, 0.3) is 0 Å². The number of benzene rings is 1. The lowest BCUT2D eigenvalue weighted by molar-refractivity contribution is 0.0691. The molecule has 19 heavy (non-hydrogen) atoms. The maximum atomic E-state index is 11.2. The van der Waals surface area contributed by atoms with E-state index >= 15 is 0 Å². The zero-order valence-electron chi connectivity index (χ0n) is 10.8. The lowest BCUT2D eigenvalue weighted by Crippen LogP contribution is -2.07. The molecule has 0 aliphatic carbocycles. The van der Waals surface area contributed by atoms with E-state index in [2.05, 4.69) is 10.3 Å². The normalized spacial score (nSPS) is 10.7. The predicted octanol–water partition coefficient (Wildman–Crippen LogP) is 1.25. The van der Waals surface area contributed by atoms with Crippen molar-refractivity contribution in [2.24, 2.45) is 0 Å². The minimum Gasteiger partial charge on any atom is -0.476 e. The first-order valence-corrected chi connectivity index (χ1v) is 5.90. The van der Waals surface area contributed by atoms with E-state index in [1.807, 2.05) is 32.0 Å². The summed E-state index contributed by atoms with van der Waals surface area (Å²) in [5.74, 6) is -1.13. The van der Waals surface area contributed by atoms with Gasteiger partial charge in [-0.3, -0.25) is 0 Å². The van der Waals surface area contributed by atoms with Gasteiger partial charge in [0.05, 0.1) is 13.2 Å². The van der Waals surface area contributed by atoms with Crippen LogP contribution in [0.5, 0.6) is 0 Å². The van der Waals surface area contributed by atoms with E-state index < -0.39 is 5.97 Å². The number of nitrogens with zero attached hydrogens (tertiary/aromatic N) is 3. The third-order valence-corrected chi connectivity index (χ3v) is 3.03. The fourth-order valence-corrected chi connectivity index (χ4v) is 1.88. The van der Waals surface area contributed by atoms with Crippen LogP contribution in [-0.4, -0.2) is 37.8 Å². The average Bonchev–Trinajstić information content (AvgIpc) is 2.77. The van der Waals surface area contributed by atoms with Gasteiger partial charge in [0, 0.05) is 5.56 Å². The highest BCUT2D eigenvalue weighted by Gasteiger charge is 2.20. The second-order valence-electron chi connectivity index (χ2n) is 4.34. The third kappa shape index (κ3) is 2.48. The number of carboxylic acid groups (broad SMARTS) is 1. The van der Waals surface area contributed by atoms with Crippen LogP contribution in [0, 0.1) is 13.8 Å². The molecule has 0 atom stereocenters. The number of aryl methyl sites for hydroxylation is 2. The number of hydrogen-bond acceptors (Lipinski definition) is 4. The summed E-state index contributed by atoms with van der Waals surface area (Å²) < 4.78 is 1.41. The van der Waals surface area contributed by atoms with Crippen LogP contribution in [0.4, 0.5) is 0 Å². The lowest BCUT2D eigenvalue weighted by atomic mass is 10.0. The first-order valence-electron chi connectivity index (χ1n) is 5.90. The predicted molar refractivity (Wildman–Crippen MR) is 69.0 cm³/mol. The second-order valence-corrected chi connectivity index (χ2v) is 4.34. The van der Waals surface area contributed by atoms with E-state index in [1.54, 1.807) is 0 Å². The Morgan fingerprint density at radius 1 is 1.32 bits per heavy atom. The van der Waals surface area contributed by atoms with E-state index in [9.17, 15) is 4.79 Å². The van der Waals surface area contributed by atoms with Gasteiger partial charge in [-0.1, -0.05) is 17.3 Å². The summed E-state index contributed by atoms with van der Waals surface area (Å²) in [6.45, 7) is 4.03. The van der Waals surface area contributed by atoms with Gasteiger partial charge in [-0.25, -0.2) is 9.48 Å². The topological polar surface area (TPSA) is 88.2 Å². The van der Waals surface area contributed by atoms with Gasteiger partial charge in [0.2, 0.25) is 0 Å². The van der Waals surface area contributed by atoms with Crippen molar-refractivity contribution >= 4 is 5.97 Å². The molecule has 0 aliphatic heterocycles. The number of aromatic carboxylic acids is 1. The molecule has 1 aromatic heterocycles. The number of aliphatic hydroxyl groups excluding tert-OH is 1. The van der Waals surface area contributed by atoms with Crippen LogP contribution in [0.3, 0.4) is 0 Å². The maximum Gasteiger partial charge on any atom is 0.358 e. The molecule has 2 aromatic rings. The highest BCUT2D eigenvalue weighted by atomic mass is 16.4. The molecule has 2 N–H and O–H groups in total. The fraction of sp³-hybridized carbons (Fsp3) is 0.308. The molecule has 6 nitrogen and oxygen atoms in total. The van der Waals surface area contributed by atoms with Crippen LogP contribution in [-0.2, 0) is 6.54 Å². The monoisotopic (exact) mass is 261 g/mol. The van der Waals surface area contributed by atoms with Crippen molar-refractivity contribution in [2.45, 2.75) is 20.4 Å². The van der Waals surface area contributed by atoms with Crippen LogP contribution >= 0.6 is 0 Å². The smallest absolute Gasteiger partial charge is 0.358 e. The molecule has 0 spiro atoms. The summed E-state index contributed by atoms with van der Waals surface area (Å²) in [6, 6.07) is 5.66. The van der Waals surface area contributed by atoms with E-state index in [1.165, 1.54) is 4.68 Å². The van der Waals surface area contributed by atoms with E-state index in [0.29, 0.717) is 5.69 Å². The summed E-state index contributed by atoms with van der Waals surface area (Å²) in [7, 11) is 0. The molecule has 100 valence electrons. The molecule has 0 saturated heterocycles. The number of carboxylic acids is 1. The Balaban J connectivity index is 2.60. The number of aromatic nitrogens is 3. The first kappa shape index (κ1) is 13.2. The van der Waals surface area contributed by atoms with E-state index in [4.69, 9.17) is 10.2 Å². The Bertz CT molecular complexity index is 620. The van der Waals surface area contributed by atoms with Crippen LogP contribution in [0.15, 0.2) is 18.2 Å². The van der Waals surface area contributed by atoms with Gasteiger partial charge in [-0.2, -0.15) is 0 Å². The van der Waals surface area contributed by atoms with Gasteiger partial charge >= 0.3 is 5.97 Å². The molecule has 0 amide bonds. The third-order valence-electron chi connectivity index (χ3n) is 3.03. The molecule has 2 rings (SSSR count). The van der Waals surface area contributed by atoms with Crippen LogP contribution in [0.25, 0.3) is 11.3 Å². The quantitative estimate of drug-likeness (QED) is 0.864. The Morgan fingerprint density at radius 2 is 2.05 bits per heavy atom. The number of rotatable bonds is 4. The molecule has 6 heteroatoms. The van der Waals surface area contributed by atoms with E-state index in [-0.39, 0.29) is 18.8 Å². The highest BCUT2D eigenvalue weighted by molar-refractivity contribution is 5.92. The molecular weight excluding hydrogens is 246 g/mol. The molecule has 0 bridgehead atoms. The molecule has 1 aromatic carbocycles. The minimum absolute atomic E-state index is 0.100. The lowest BCUT2D eigenvalue weighted by Gasteiger charge is -2.08. The SMILES string of the molecule is Cc1ccc(-c2c(C(=O)O)nnn2CCO)cc1C. The molecular formula is C13H15N3O3. The Morgan fingerprint density at radius 3 is 2.63 bits per heavy atom. The standard InChI is InChI=1S/C13H15N3O3/c1-8-3-4-10(7-9(8)2)12-11(13(18)19)14-15-16(12)5-6-17/h3-4,7,17H,5-6H2,1-2H3,(H,18,19). The Kier molecular flexibility index (Phi) is 3.62. The van der Waals surface area contributed by atoms with Gasteiger partial charge in [0.1, 0.15) is 5.69 Å². The van der Waals surface area contributed by atoms with Crippen molar-refractivity contribution in [1.82, 2.24) is 15.0 Å². The zero-order valence-corrected chi connectivity index (χ0v) is 10.8. The molecule has 0 unspecified atom stereocenters. The minimum atomic E-state index is -1.13. The first-order chi connectivity index (χ1) is 9.04. The van der Waals surface area contributed by atoms with Crippen LogP contribution < -0.4 is 0 Å². The van der Waals surface area contributed by atoms with Crippen molar-refractivity contribution in [1.29, 1.82) is 0 Å². The molecule has 0 saturated carbocycles. The van der Waals surface area contributed by atoms with Crippen molar-refractivity contribution in [3.63, 3.8) is 0 Å². The summed E-state index contributed by atoms with van der Waals surface area (Å²) >= 11 is 0. The summed E-state index contributed by atoms with van der Waals surface area (Å²) in [6.07, 6.45) is 0. The van der Waals surface area contributed by atoms with Crippen LogP contribution in [0.1, 0.15) is 21.6 Å². The van der Waals surface area contributed by atoms with Crippen LogP contribution in [0.2, 0.25) is 0 Å². The van der Waals surface area contributed by atoms with Gasteiger partial charge in [-0.05, 0) is 31.0 Å². The Labute approximate surface area is 110 Å². The molecule has 1 heterocycles. The molecule has 0 aliphatic rings. The highest BCUT2D eigenvalue weighted by Crippen LogP contribution is 2.24. The summed E-state index contributed by atoms with van der Waals surface area (Å²) in [5, 5.41) is 25.6. The number of hydrogen-bond donors (Lipinski definition) is 2. The zero-order chi connectivity index (χ0) is 14.0. The van der Waals surface area contributed by atoms with Gasteiger partial charge < -0.3 is 10.2 Å². The van der Waals surface area contributed by atoms with Crippen molar-refractivity contribution in [3.05, 3.63) is 35.0 Å². The summed E-state index contributed by atoms with van der Waals surface area (Å²) in [5.41, 5.74) is 3.24. The second kappa shape index (κ2) is 5.19. The number of aliphatic hydroxyl groups is 1. The fourth-order valence-electron chi connectivity index (χ4n) is 1.88. The largest absolute Gasteiger partial charge is 0.476 e. The van der Waals surface area contributed by atoms with Crippen molar-refractivity contribution < 1.29 is 15.0 Å². The van der Waals surface area contributed by atoms with Crippen molar-refractivity contribution in [3.8, 4) is 11.3 Å². The van der Waals surface area contributed by atoms with E-state index in [0.717, 1.165) is 16.7 Å². The summed E-state index contributed by atoms with van der Waals surface area (Å²) in [4.78, 5) is 11.2. The average molecular weight is 261 g/mol. The Hall–Kier alpha value is -2.21. The van der Waals surface area contributed by atoms with Crippen molar-refractivity contribution in [2.75, 3.05) is 6.61 Å².